The van der Waals surface area contributed by atoms with Crippen LogP contribution in [0.15, 0.2) is 65.3 Å². The Morgan fingerprint density at radius 1 is 1.00 bits per heavy atom. The fourth-order valence-electron chi connectivity index (χ4n) is 3.43. The van der Waals surface area contributed by atoms with E-state index >= 15 is 0 Å². The zero-order chi connectivity index (χ0) is 17.4. The highest BCUT2D eigenvalue weighted by Crippen LogP contribution is 2.30. The van der Waals surface area contributed by atoms with Gasteiger partial charge in [0.15, 0.2) is 0 Å². The Morgan fingerprint density at radius 3 is 2.56 bits per heavy atom. The van der Waals surface area contributed by atoms with Crippen molar-refractivity contribution in [1.82, 2.24) is 0 Å². The molecule has 0 saturated carbocycles. The lowest BCUT2D eigenvalue weighted by atomic mass is 10.0. The number of carbonyl (C=O) groups excluding carboxylic acids is 1. The maximum atomic E-state index is 12.5. The molecule has 3 aromatic carbocycles. The molecule has 1 N–H and O–H groups in total. The molecule has 0 saturated heterocycles. The lowest BCUT2D eigenvalue weighted by Gasteiger charge is -2.07. The number of carbonyl (C=O) groups is 1. The molecule has 124 valence electrons. The molecule has 0 unspecified atom stereocenters. The number of anilines is 1. The van der Waals surface area contributed by atoms with Gasteiger partial charge in [-0.2, -0.15) is 0 Å². The largest absolute Gasteiger partial charge is 0.464 e. The van der Waals surface area contributed by atoms with E-state index in [1.165, 1.54) is 0 Å². The number of aryl methyl sites for hydroxylation is 2. The van der Waals surface area contributed by atoms with Crippen molar-refractivity contribution in [2.24, 2.45) is 0 Å². The Morgan fingerprint density at radius 2 is 1.76 bits per heavy atom. The normalized spacial score (nSPS) is 11.1. The van der Waals surface area contributed by atoms with Crippen LogP contribution in [0.2, 0.25) is 0 Å². The van der Waals surface area contributed by atoms with Crippen LogP contribution in [0.3, 0.4) is 0 Å². The molecule has 0 bridgehead atoms. The van der Waals surface area contributed by atoms with Gasteiger partial charge in [-0.1, -0.05) is 36.4 Å². The van der Waals surface area contributed by atoms with Crippen LogP contribution in [0.5, 0.6) is 0 Å². The molecule has 4 aromatic rings. The summed E-state index contributed by atoms with van der Waals surface area (Å²) >= 11 is 0. The Balaban J connectivity index is 1.66. The predicted octanol–water partition coefficient (Wildman–Crippen LogP) is 5.38. The van der Waals surface area contributed by atoms with E-state index < -0.39 is 0 Å². The molecule has 1 heterocycles. The van der Waals surface area contributed by atoms with Gasteiger partial charge in [0.2, 0.25) is 5.91 Å². The van der Waals surface area contributed by atoms with Gasteiger partial charge in [0.1, 0.15) is 5.58 Å². The summed E-state index contributed by atoms with van der Waals surface area (Å²) in [6.07, 6.45) is 1.98. The van der Waals surface area contributed by atoms with Crippen molar-refractivity contribution in [1.29, 1.82) is 0 Å². The number of furan rings is 1. The van der Waals surface area contributed by atoms with Gasteiger partial charge in [0.05, 0.1) is 12.7 Å². The summed E-state index contributed by atoms with van der Waals surface area (Å²) in [5.41, 5.74) is 4.83. The molecule has 1 aromatic heterocycles. The van der Waals surface area contributed by atoms with Gasteiger partial charge >= 0.3 is 0 Å². The van der Waals surface area contributed by atoms with Gasteiger partial charge in [-0.25, -0.2) is 0 Å². The molecule has 25 heavy (non-hydrogen) atoms. The second kappa shape index (κ2) is 6.10. The molecule has 1 amide bonds. The Kier molecular flexibility index (Phi) is 3.77. The van der Waals surface area contributed by atoms with Gasteiger partial charge in [-0.3, -0.25) is 4.79 Å². The fraction of sp³-hybridized carbons (Fsp3) is 0.136. The maximum Gasteiger partial charge on any atom is 0.228 e. The number of fused-ring (bicyclic) bond motifs is 3. The summed E-state index contributed by atoms with van der Waals surface area (Å²) in [4.78, 5) is 12.5. The average Bonchev–Trinajstić information content (AvgIpc) is 2.97. The Bertz CT molecular complexity index is 1070. The maximum absolute atomic E-state index is 12.5. The molecule has 3 heteroatoms. The van der Waals surface area contributed by atoms with Gasteiger partial charge in [0.25, 0.3) is 0 Å². The first-order valence-corrected chi connectivity index (χ1v) is 8.36. The van der Waals surface area contributed by atoms with E-state index in [1.54, 1.807) is 6.26 Å². The van der Waals surface area contributed by atoms with E-state index in [-0.39, 0.29) is 12.3 Å². The molecule has 0 fully saturated rings. The summed E-state index contributed by atoms with van der Waals surface area (Å²) in [7, 11) is 0. The third-order valence-electron chi connectivity index (χ3n) is 4.40. The second-order valence-corrected chi connectivity index (χ2v) is 6.52. The highest BCUT2D eigenvalue weighted by molar-refractivity contribution is 6.09. The average molecular weight is 329 g/mol. The summed E-state index contributed by atoms with van der Waals surface area (Å²) < 4.78 is 5.67. The Labute approximate surface area is 146 Å². The van der Waals surface area contributed by atoms with Gasteiger partial charge in [0, 0.05) is 16.6 Å². The number of benzene rings is 3. The molecule has 4 rings (SSSR count). The standard InChI is InChI=1S/C22H19NO2/c1-14-9-15(2)11-18(10-14)23-21(24)12-17-13-25-20-8-7-16-5-3-4-6-19(16)22(17)20/h3-11,13H,12H2,1-2H3,(H,23,24). The zero-order valence-electron chi connectivity index (χ0n) is 14.3. The molecule has 0 aliphatic rings. The third kappa shape index (κ3) is 3.01. The van der Waals surface area contributed by atoms with Crippen molar-refractivity contribution in [2.75, 3.05) is 5.32 Å². The molecule has 0 atom stereocenters. The van der Waals surface area contributed by atoms with Crippen LogP contribution in [0, 0.1) is 13.8 Å². The van der Waals surface area contributed by atoms with Gasteiger partial charge in [-0.05, 0) is 53.9 Å². The number of rotatable bonds is 3. The van der Waals surface area contributed by atoms with Crippen LogP contribution >= 0.6 is 0 Å². The molecular formula is C22H19NO2. The molecular weight excluding hydrogens is 310 g/mol. The van der Waals surface area contributed by atoms with Crippen molar-refractivity contribution in [2.45, 2.75) is 20.3 Å². The van der Waals surface area contributed by atoms with Crippen LogP contribution in [-0.2, 0) is 11.2 Å². The van der Waals surface area contributed by atoms with E-state index in [1.807, 2.05) is 50.2 Å². The van der Waals surface area contributed by atoms with Gasteiger partial charge in [-0.15, -0.1) is 0 Å². The SMILES string of the molecule is Cc1cc(C)cc(NC(=O)Cc2coc3ccc4ccccc4c23)c1. The molecule has 0 radical (unpaired) electrons. The monoisotopic (exact) mass is 329 g/mol. The Hall–Kier alpha value is -3.07. The molecule has 0 aliphatic heterocycles. The van der Waals surface area contributed by atoms with E-state index in [0.29, 0.717) is 0 Å². The van der Waals surface area contributed by atoms with E-state index in [0.717, 1.165) is 44.1 Å². The minimum Gasteiger partial charge on any atom is -0.464 e. The van der Waals surface area contributed by atoms with Crippen molar-refractivity contribution >= 4 is 33.3 Å². The lowest BCUT2D eigenvalue weighted by molar-refractivity contribution is -0.115. The fourth-order valence-corrected chi connectivity index (χ4v) is 3.43. The number of hydrogen-bond acceptors (Lipinski definition) is 2. The van der Waals surface area contributed by atoms with Crippen LogP contribution in [0.25, 0.3) is 21.7 Å². The lowest BCUT2D eigenvalue weighted by Crippen LogP contribution is -2.14. The number of hydrogen-bond donors (Lipinski definition) is 1. The molecule has 0 spiro atoms. The third-order valence-corrected chi connectivity index (χ3v) is 4.40. The van der Waals surface area contributed by atoms with Crippen LogP contribution < -0.4 is 5.32 Å². The van der Waals surface area contributed by atoms with Crippen LogP contribution in [0.1, 0.15) is 16.7 Å². The van der Waals surface area contributed by atoms with E-state index in [4.69, 9.17) is 4.42 Å². The van der Waals surface area contributed by atoms with Crippen molar-refractivity contribution in [3.8, 4) is 0 Å². The van der Waals surface area contributed by atoms with Crippen LogP contribution in [0.4, 0.5) is 5.69 Å². The zero-order valence-corrected chi connectivity index (χ0v) is 14.3. The first kappa shape index (κ1) is 15.5. The molecule has 3 nitrogen and oxygen atoms in total. The highest BCUT2D eigenvalue weighted by Gasteiger charge is 2.13. The summed E-state index contributed by atoms with van der Waals surface area (Å²) in [6.45, 7) is 4.05. The van der Waals surface area contributed by atoms with Crippen molar-refractivity contribution in [3.05, 3.63) is 77.6 Å². The quantitative estimate of drug-likeness (QED) is 0.548. The first-order valence-electron chi connectivity index (χ1n) is 8.36. The minimum absolute atomic E-state index is 0.0411. The number of nitrogens with one attached hydrogen (secondary N) is 1. The van der Waals surface area contributed by atoms with Crippen molar-refractivity contribution < 1.29 is 9.21 Å². The smallest absolute Gasteiger partial charge is 0.228 e. The highest BCUT2D eigenvalue weighted by atomic mass is 16.3. The topological polar surface area (TPSA) is 42.2 Å². The molecule has 0 aliphatic carbocycles. The van der Waals surface area contributed by atoms with E-state index in [2.05, 4.69) is 23.5 Å². The second-order valence-electron chi connectivity index (χ2n) is 6.52. The van der Waals surface area contributed by atoms with E-state index in [9.17, 15) is 4.79 Å². The summed E-state index contributed by atoms with van der Waals surface area (Å²) in [5.74, 6) is -0.0411. The van der Waals surface area contributed by atoms with Gasteiger partial charge < -0.3 is 9.73 Å². The van der Waals surface area contributed by atoms with Crippen LogP contribution in [-0.4, -0.2) is 5.91 Å². The minimum atomic E-state index is -0.0411. The predicted molar refractivity (Wildman–Crippen MR) is 102 cm³/mol. The summed E-state index contributed by atoms with van der Waals surface area (Å²) in [5, 5.41) is 6.28. The summed E-state index contributed by atoms with van der Waals surface area (Å²) in [6, 6.07) is 18.2. The van der Waals surface area contributed by atoms with Crippen molar-refractivity contribution in [3.63, 3.8) is 0 Å². The number of amides is 1. The first-order chi connectivity index (χ1) is 12.1.